The summed E-state index contributed by atoms with van der Waals surface area (Å²) in [7, 11) is -3.64. The average Bonchev–Trinajstić information content (AvgIpc) is 3.51. The number of ether oxygens (including phenoxy) is 2. The largest absolute Gasteiger partial charge is 0.486 e. The maximum absolute atomic E-state index is 13.4. The first-order chi connectivity index (χ1) is 12.6. The fourth-order valence-corrected chi connectivity index (χ4v) is 5.04. The SMILES string of the molecule is C[C@H](C1CC1)N(Cc1ccccc1)S(=O)(=O)c1ccc2c(c1)OCCO2. The molecule has 0 unspecified atom stereocenters. The lowest BCUT2D eigenvalue weighted by molar-refractivity contribution is 0.171. The zero-order valence-electron chi connectivity index (χ0n) is 14.8. The molecule has 0 radical (unpaired) electrons. The highest BCUT2D eigenvalue weighted by molar-refractivity contribution is 7.89. The Morgan fingerprint density at radius 1 is 1.04 bits per heavy atom. The third-order valence-corrected chi connectivity index (χ3v) is 6.99. The van der Waals surface area contributed by atoms with Gasteiger partial charge in [0.15, 0.2) is 11.5 Å². The molecule has 2 aromatic rings. The van der Waals surface area contributed by atoms with Crippen molar-refractivity contribution in [3.63, 3.8) is 0 Å². The fourth-order valence-electron chi connectivity index (χ4n) is 3.34. The maximum atomic E-state index is 13.4. The minimum atomic E-state index is -3.64. The van der Waals surface area contributed by atoms with Crippen LogP contribution in [-0.2, 0) is 16.6 Å². The molecule has 1 aliphatic heterocycles. The predicted octanol–water partition coefficient (Wildman–Crippen LogP) is 3.45. The highest BCUT2D eigenvalue weighted by atomic mass is 32.2. The Balaban J connectivity index is 1.69. The summed E-state index contributed by atoms with van der Waals surface area (Å²) in [5, 5.41) is 0. The maximum Gasteiger partial charge on any atom is 0.243 e. The van der Waals surface area contributed by atoms with Gasteiger partial charge in [-0.1, -0.05) is 30.3 Å². The van der Waals surface area contributed by atoms with Crippen LogP contribution in [0.5, 0.6) is 11.5 Å². The zero-order chi connectivity index (χ0) is 18.1. The van der Waals surface area contributed by atoms with Gasteiger partial charge in [0.2, 0.25) is 10.0 Å². The van der Waals surface area contributed by atoms with E-state index in [0.717, 1.165) is 18.4 Å². The van der Waals surface area contributed by atoms with E-state index in [2.05, 4.69) is 0 Å². The number of sulfonamides is 1. The second kappa shape index (κ2) is 6.93. The van der Waals surface area contributed by atoms with Gasteiger partial charge in [-0.05, 0) is 43.4 Å². The molecule has 0 amide bonds. The summed E-state index contributed by atoms with van der Waals surface area (Å²) in [6.07, 6.45) is 2.17. The number of hydrogen-bond donors (Lipinski definition) is 0. The molecule has 1 atom stereocenters. The first kappa shape index (κ1) is 17.4. The highest BCUT2D eigenvalue weighted by Crippen LogP contribution is 2.39. The Morgan fingerprint density at radius 3 is 2.42 bits per heavy atom. The fraction of sp³-hybridized carbons (Fsp3) is 0.400. The third kappa shape index (κ3) is 3.44. The summed E-state index contributed by atoms with van der Waals surface area (Å²) >= 11 is 0. The molecular formula is C20H23NO4S. The lowest BCUT2D eigenvalue weighted by atomic mass is 10.2. The van der Waals surface area contributed by atoms with Crippen LogP contribution in [0, 0.1) is 5.92 Å². The van der Waals surface area contributed by atoms with E-state index in [9.17, 15) is 8.42 Å². The molecule has 4 rings (SSSR count). The smallest absolute Gasteiger partial charge is 0.243 e. The molecule has 1 heterocycles. The lowest BCUT2D eigenvalue weighted by Gasteiger charge is -2.29. The molecule has 2 aliphatic rings. The zero-order valence-corrected chi connectivity index (χ0v) is 15.6. The molecule has 0 spiro atoms. The van der Waals surface area contributed by atoms with Crippen LogP contribution in [0.4, 0.5) is 0 Å². The summed E-state index contributed by atoms with van der Waals surface area (Å²) in [6.45, 7) is 3.30. The van der Waals surface area contributed by atoms with Crippen LogP contribution in [0.1, 0.15) is 25.3 Å². The summed E-state index contributed by atoms with van der Waals surface area (Å²) in [5.74, 6) is 1.53. The van der Waals surface area contributed by atoms with Gasteiger partial charge in [-0.3, -0.25) is 0 Å². The van der Waals surface area contributed by atoms with Crippen molar-refractivity contribution in [2.75, 3.05) is 13.2 Å². The second-order valence-electron chi connectivity index (χ2n) is 6.92. The molecule has 138 valence electrons. The Morgan fingerprint density at radius 2 is 1.73 bits per heavy atom. The van der Waals surface area contributed by atoms with Gasteiger partial charge in [-0.25, -0.2) is 8.42 Å². The molecule has 1 saturated carbocycles. The van der Waals surface area contributed by atoms with Gasteiger partial charge in [0.1, 0.15) is 13.2 Å². The van der Waals surface area contributed by atoms with Gasteiger partial charge < -0.3 is 9.47 Å². The van der Waals surface area contributed by atoms with Crippen LogP contribution >= 0.6 is 0 Å². The highest BCUT2D eigenvalue weighted by Gasteiger charge is 2.38. The van der Waals surface area contributed by atoms with Crippen LogP contribution in [0.3, 0.4) is 0 Å². The van der Waals surface area contributed by atoms with Gasteiger partial charge in [-0.15, -0.1) is 0 Å². The molecule has 0 aromatic heterocycles. The van der Waals surface area contributed by atoms with E-state index in [0.29, 0.717) is 37.2 Å². The van der Waals surface area contributed by atoms with Crippen molar-refractivity contribution in [1.29, 1.82) is 0 Å². The Bertz CT molecular complexity index is 878. The Kier molecular flexibility index (Phi) is 4.63. The average molecular weight is 373 g/mol. The minimum Gasteiger partial charge on any atom is -0.486 e. The summed E-state index contributed by atoms with van der Waals surface area (Å²) < 4.78 is 39.6. The van der Waals surface area contributed by atoms with Crippen molar-refractivity contribution < 1.29 is 17.9 Å². The van der Waals surface area contributed by atoms with Crippen LogP contribution in [0.2, 0.25) is 0 Å². The van der Waals surface area contributed by atoms with Crippen molar-refractivity contribution in [1.82, 2.24) is 4.31 Å². The molecular weight excluding hydrogens is 350 g/mol. The van der Waals surface area contributed by atoms with E-state index >= 15 is 0 Å². The van der Waals surface area contributed by atoms with Crippen LogP contribution < -0.4 is 9.47 Å². The Labute approximate surface area is 154 Å². The molecule has 2 aromatic carbocycles. The van der Waals surface area contributed by atoms with E-state index < -0.39 is 10.0 Å². The topological polar surface area (TPSA) is 55.8 Å². The molecule has 1 fully saturated rings. The van der Waals surface area contributed by atoms with Crippen molar-refractivity contribution in [3.8, 4) is 11.5 Å². The van der Waals surface area contributed by atoms with E-state index in [4.69, 9.17) is 9.47 Å². The number of hydrogen-bond acceptors (Lipinski definition) is 4. The van der Waals surface area contributed by atoms with Crippen LogP contribution in [0.15, 0.2) is 53.4 Å². The second-order valence-corrected chi connectivity index (χ2v) is 8.81. The molecule has 26 heavy (non-hydrogen) atoms. The number of rotatable bonds is 6. The number of fused-ring (bicyclic) bond motifs is 1. The van der Waals surface area contributed by atoms with E-state index in [1.54, 1.807) is 22.5 Å². The molecule has 5 nitrogen and oxygen atoms in total. The molecule has 0 N–H and O–H groups in total. The van der Waals surface area contributed by atoms with Crippen molar-refractivity contribution in [3.05, 3.63) is 54.1 Å². The number of nitrogens with zero attached hydrogens (tertiary/aromatic N) is 1. The van der Waals surface area contributed by atoms with E-state index in [1.165, 1.54) is 0 Å². The summed E-state index contributed by atoms with van der Waals surface area (Å²) in [4.78, 5) is 0.255. The van der Waals surface area contributed by atoms with Crippen molar-refractivity contribution in [2.24, 2.45) is 5.92 Å². The van der Waals surface area contributed by atoms with Crippen molar-refractivity contribution >= 4 is 10.0 Å². The van der Waals surface area contributed by atoms with E-state index in [-0.39, 0.29) is 10.9 Å². The quantitative estimate of drug-likeness (QED) is 0.778. The normalized spacial score (nSPS) is 17.9. The summed E-state index contributed by atoms with van der Waals surface area (Å²) in [6, 6.07) is 14.6. The van der Waals surface area contributed by atoms with Crippen molar-refractivity contribution in [2.45, 2.75) is 37.2 Å². The predicted molar refractivity (Wildman–Crippen MR) is 98.8 cm³/mol. The third-order valence-electron chi connectivity index (χ3n) is 5.06. The van der Waals surface area contributed by atoms with E-state index in [1.807, 2.05) is 37.3 Å². The Hall–Kier alpha value is -2.05. The van der Waals surface area contributed by atoms with Gasteiger partial charge in [0, 0.05) is 18.7 Å². The van der Waals surface area contributed by atoms with Crippen LogP contribution in [0.25, 0.3) is 0 Å². The summed E-state index contributed by atoms with van der Waals surface area (Å²) in [5.41, 5.74) is 0.987. The first-order valence-electron chi connectivity index (χ1n) is 9.01. The van der Waals surface area contributed by atoms with Crippen LogP contribution in [-0.4, -0.2) is 32.0 Å². The molecule has 0 saturated heterocycles. The van der Waals surface area contributed by atoms with Gasteiger partial charge in [-0.2, -0.15) is 4.31 Å². The van der Waals surface area contributed by atoms with Gasteiger partial charge >= 0.3 is 0 Å². The molecule has 0 bridgehead atoms. The minimum absolute atomic E-state index is 0.0339. The van der Waals surface area contributed by atoms with Gasteiger partial charge in [0.25, 0.3) is 0 Å². The standard InChI is InChI=1S/C20H23NO4S/c1-15(17-7-8-17)21(14-16-5-3-2-4-6-16)26(22,23)18-9-10-19-20(13-18)25-12-11-24-19/h2-6,9-10,13,15,17H,7-8,11-12,14H2,1H3/t15-/m1/s1. The van der Waals surface area contributed by atoms with Gasteiger partial charge in [0.05, 0.1) is 4.90 Å². The lowest BCUT2D eigenvalue weighted by Crippen LogP contribution is -2.39. The molecule has 6 heteroatoms. The molecule has 1 aliphatic carbocycles. The first-order valence-corrected chi connectivity index (χ1v) is 10.4. The monoisotopic (exact) mass is 373 g/mol. The number of benzene rings is 2.